The molecule has 3 N–H and O–H groups in total. The molecule has 1 amide bonds. The summed E-state index contributed by atoms with van der Waals surface area (Å²) in [6.45, 7) is 1.78. The summed E-state index contributed by atoms with van der Waals surface area (Å²) in [5, 5.41) is 6.86. The number of benzene rings is 1. The lowest BCUT2D eigenvalue weighted by atomic mass is 10.2. The van der Waals surface area contributed by atoms with Gasteiger partial charge in [0.25, 0.3) is 5.91 Å². The molecule has 7 nitrogen and oxygen atoms in total. The van der Waals surface area contributed by atoms with Gasteiger partial charge in [0.1, 0.15) is 21.7 Å². The van der Waals surface area contributed by atoms with Gasteiger partial charge in [-0.1, -0.05) is 53.5 Å². The van der Waals surface area contributed by atoms with E-state index in [9.17, 15) is 4.79 Å². The van der Waals surface area contributed by atoms with Gasteiger partial charge in [0, 0.05) is 24.8 Å². The zero-order valence-electron chi connectivity index (χ0n) is 14.9. The van der Waals surface area contributed by atoms with Crippen molar-refractivity contribution in [2.24, 2.45) is 0 Å². The number of carbonyl (C=O) groups excluding carboxylic acids is 1. The van der Waals surface area contributed by atoms with E-state index in [2.05, 4.69) is 25.6 Å². The molecule has 1 aliphatic rings. The highest BCUT2D eigenvalue weighted by atomic mass is 35.5. The van der Waals surface area contributed by atoms with Crippen LogP contribution >= 0.6 is 23.2 Å². The van der Waals surface area contributed by atoms with Crippen molar-refractivity contribution in [2.75, 3.05) is 19.8 Å². The van der Waals surface area contributed by atoms with Crippen LogP contribution in [0, 0.1) is 0 Å². The fraction of sp³-hybridized carbons (Fsp3) is 0.211. The third kappa shape index (κ3) is 3.76. The number of pyridine rings is 1. The van der Waals surface area contributed by atoms with E-state index in [-0.39, 0.29) is 5.91 Å². The highest BCUT2D eigenvalue weighted by Gasteiger charge is 2.19. The number of imidazole rings is 1. The Hall–Kier alpha value is -2.77. The topological polar surface area (TPSA) is 85.9 Å². The van der Waals surface area contributed by atoms with Crippen molar-refractivity contribution in [3.8, 4) is 11.4 Å². The van der Waals surface area contributed by atoms with Crippen LogP contribution in [0.25, 0.3) is 22.6 Å². The van der Waals surface area contributed by atoms with Gasteiger partial charge in [-0.25, -0.2) is 9.97 Å². The number of amides is 1. The number of halogens is 2. The molecule has 28 heavy (non-hydrogen) atoms. The lowest BCUT2D eigenvalue weighted by Crippen LogP contribution is -2.29. The number of aromatic nitrogens is 3. The summed E-state index contributed by atoms with van der Waals surface area (Å²) in [6.07, 6.45) is 2.34. The first-order valence-electron chi connectivity index (χ1n) is 8.86. The first-order valence-corrected chi connectivity index (χ1v) is 9.61. The second-order valence-corrected chi connectivity index (χ2v) is 7.06. The minimum atomic E-state index is -0.183. The van der Waals surface area contributed by atoms with Crippen molar-refractivity contribution in [3.63, 3.8) is 0 Å². The Bertz CT molecular complexity index is 1030. The number of nitrogens with zero attached hydrogens (tertiary/aromatic N) is 3. The molecular weight excluding hydrogens is 399 g/mol. The van der Waals surface area contributed by atoms with Crippen LogP contribution in [0.3, 0.4) is 0 Å². The molecule has 0 spiro atoms. The Morgan fingerprint density at radius 1 is 1.21 bits per heavy atom. The third-order valence-corrected chi connectivity index (χ3v) is 5.29. The molecule has 1 aliphatic heterocycles. The standard InChI is InChI=1S/C19H18Cl2N6O/c20-15-16(21)27(11-24-15)10-4-8-23-19(28)13-7-9-22-18-14(13)25-17(26-18)12-5-2-1-3-6-12/h1-3,5-7,9,24H,4,8,10-11H2,(H,23,28)(H,22,25,26). The minimum Gasteiger partial charge on any atom is -0.356 e. The summed E-state index contributed by atoms with van der Waals surface area (Å²) in [6, 6.07) is 11.4. The molecule has 1 aromatic carbocycles. The van der Waals surface area contributed by atoms with Crippen LogP contribution in [-0.2, 0) is 0 Å². The molecule has 9 heteroatoms. The average molecular weight is 417 g/mol. The zero-order chi connectivity index (χ0) is 19.5. The van der Waals surface area contributed by atoms with E-state index in [1.54, 1.807) is 12.3 Å². The maximum Gasteiger partial charge on any atom is 0.253 e. The number of aromatic amines is 1. The Kier molecular flexibility index (Phi) is 5.36. The van der Waals surface area contributed by atoms with Crippen LogP contribution in [0.15, 0.2) is 52.9 Å². The number of H-pyrrole nitrogens is 1. The van der Waals surface area contributed by atoms with Crippen LogP contribution in [0.2, 0.25) is 0 Å². The van der Waals surface area contributed by atoms with Gasteiger partial charge in [0.15, 0.2) is 5.65 Å². The lowest BCUT2D eigenvalue weighted by molar-refractivity contribution is 0.0954. The lowest BCUT2D eigenvalue weighted by Gasteiger charge is -2.16. The average Bonchev–Trinajstić information content (AvgIpc) is 3.30. The summed E-state index contributed by atoms with van der Waals surface area (Å²) in [5.41, 5.74) is 2.57. The van der Waals surface area contributed by atoms with E-state index in [4.69, 9.17) is 23.2 Å². The van der Waals surface area contributed by atoms with Gasteiger partial charge in [0.05, 0.1) is 12.2 Å². The number of hydrogen-bond acceptors (Lipinski definition) is 5. The fourth-order valence-corrected chi connectivity index (χ4v) is 3.41. The minimum absolute atomic E-state index is 0.183. The van der Waals surface area contributed by atoms with Crippen LogP contribution in [-0.4, -0.2) is 45.5 Å². The smallest absolute Gasteiger partial charge is 0.253 e. The summed E-state index contributed by atoms with van der Waals surface area (Å²) in [5.74, 6) is 0.501. The zero-order valence-corrected chi connectivity index (χ0v) is 16.4. The molecule has 0 unspecified atom stereocenters. The van der Waals surface area contributed by atoms with E-state index in [0.29, 0.717) is 52.6 Å². The first-order chi connectivity index (χ1) is 13.6. The molecule has 0 saturated carbocycles. The summed E-state index contributed by atoms with van der Waals surface area (Å²) >= 11 is 12.0. The van der Waals surface area contributed by atoms with Crippen molar-refractivity contribution in [3.05, 3.63) is 58.5 Å². The van der Waals surface area contributed by atoms with Gasteiger partial charge < -0.3 is 20.5 Å². The Balaban J connectivity index is 1.42. The molecule has 3 heterocycles. The predicted octanol–water partition coefficient (Wildman–Crippen LogP) is 3.21. The van der Waals surface area contributed by atoms with E-state index in [0.717, 1.165) is 12.0 Å². The van der Waals surface area contributed by atoms with Crippen LogP contribution in [0.5, 0.6) is 0 Å². The molecule has 0 bridgehead atoms. The Morgan fingerprint density at radius 2 is 2.04 bits per heavy atom. The van der Waals surface area contributed by atoms with E-state index < -0.39 is 0 Å². The molecule has 3 aromatic rings. The molecule has 0 aliphatic carbocycles. The normalized spacial score (nSPS) is 13.9. The molecule has 4 rings (SSSR count). The van der Waals surface area contributed by atoms with Crippen molar-refractivity contribution in [2.45, 2.75) is 6.42 Å². The van der Waals surface area contributed by atoms with Gasteiger partial charge in [-0.3, -0.25) is 4.79 Å². The molecule has 0 saturated heterocycles. The maximum absolute atomic E-state index is 12.6. The fourth-order valence-electron chi connectivity index (χ4n) is 3.02. The number of carbonyl (C=O) groups is 1. The van der Waals surface area contributed by atoms with Crippen LogP contribution < -0.4 is 10.6 Å². The van der Waals surface area contributed by atoms with E-state index >= 15 is 0 Å². The second-order valence-electron chi connectivity index (χ2n) is 6.32. The van der Waals surface area contributed by atoms with Crippen molar-refractivity contribution >= 4 is 40.3 Å². The maximum atomic E-state index is 12.6. The molecule has 144 valence electrons. The quantitative estimate of drug-likeness (QED) is 0.424. The Labute approximate surface area is 171 Å². The van der Waals surface area contributed by atoms with Crippen LogP contribution in [0.1, 0.15) is 16.8 Å². The third-order valence-electron chi connectivity index (χ3n) is 4.45. The number of hydrogen-bond donors (Lipinski definition) is 3. The number of rotatable bonds is 6. The van der Waals surface area contributed by atoms with E-state index in [1.807, 2.05) is 35.2 Å². The summed E-state index contributed by atoms with van der Waals surface area (Å²) in [7, 11) is 0. The van der Waals surface area contributed by atoms with Crippen molar-refractivity contribution in [1.29, 1.82) is 0 Å². The van der Waals surface area contributed by atoms with Crippen molar-refractivity contribution in [1.82, 2.24) is 30.5 Å². The van der Waals surface area contributed by atoms with Crippen molar-refractivity contribution < 1.29 is 4.79 Å². The number of nitrogens with one attached hydrogen (secondary N) is 3. The molecule has 0 atom stereocenters. The SMILES string of the molecule is O=C(NCCCN1CNC(Cl)=C1Cl)c1ccnc2[nH]c(-c3ccccc3)nc12. The van der Waals surface area contributed by atoms with Gasteiger partial charge >= 0.3 is 0 Å². The predicted molar refractivity (Wildman–Crippen MR) is 110 cm³/mol. The van der Waals surface area contributed by atoms with Gasteiger partial charge in [-0.2, -0.15) is 0 Å². The van der Waals surface area contributed by atoms with E-state index in [1.165, 1.54) is 0 Å². The Morgan fingerprint density at radius 3 is 2.79 bits per heavy atom. The molecule has 2 aromatic heterocycles. The molecular formula is C19H18Cl2N6O. The highest BCUT2D eigenvalue weighted by molar-refractivity contribution is 6.38. The van der Waals surface area contributed by atoms with Gasteiger partial charge in [-0.05, 0) is 12.5 Å². The van der Waals surface area contributed by atoms with Crippen LogP contribution in [0.4, 0.5) is 0 Å². The second kappa shape index (κ2) is 8.08. The van der Waals surface area contributed by atoms with Gasteiger partial charge in [-0.15, -0.1) is 0 Å². The highest BCUT2D eigenvalue weighted by Crippen LogP contribution is 2.22. The van der Waals surface area contributed by atoms with Gasteiger partial charge in [0.2, 0.25) is 0 Å². The molecule has 0 fully saturated rings. The molecule has 0 radical (unpaired) electrons. The summed E-state index contributed by atoms with van der Waals surface area (Å²) in [4.78, 5) is 26.6. The summed E-state index contributed by atoms with van der Waals surface area (Å²) < 4.78 is 0. The largest absolute Gasteiger partial charge is 0.356 e. The first kappa shape index (κ1) is 18.6. The number of fused-ring (bicyclic) bond motifs is 1. The monoisotopic (exact) mass is 416 g/mol.